The molecule has 0 atom stereocenters. The van der Waals surface area contributed by atoms with Gasteiger partial charge in [-0.2, -0.15) is 0 Å². The number of H-pyrrole nitrogens is 1. The van der Waals surface area contributed by atoms with E-state index in [9.17, 15) is 22.8 Å². The lowest BCUT2D eigenvalue weighted by Gasteiger charge is -2.12. The lowest BCUT2D eigenvalue weighted by atomic mass is 10.2. The molecule has 0 amide bonds. The number of aromatic nitrogens is 1. The maximum absolute atomic E-state index is 12.2. The second-order valence-electron chi connectivity index (χ2n) is 3.64. The first-order valence-corrected chi connectivity index (χ1v) is 6.02. The molecule has 0 aliphatic carbocycles. The second-order valence-corrected chi connectivity index (χ2v) is 3.91. The highest BCUT2D eigenvalue weighted by Crippen LogP contribution is 2.24. The number of alkyl halides is 4. The van der Waals surface area contributed by atoms with E-state index in [1.807, 2.05) is 0 Å². The van der Waals surface area contributed by atoms with Gasteiger partial charge in [-0.05, 0) is 13.0 Å². The van der Waals surface area contributed by atoms with Crippen LogP contribution in [0, 0.1) is 0 Å². The Kier molecular flexibility index (Phi) is 5.43. The van der Waals surface area contributed by atoms with E-state index in [4.69, 9.17) is 11.6 Å². The fraction of sp³-hybridized carbons (Fsp3) is 0.455. The first-order valence-electron chi connectivity index (χ1n) is 5.49. The highest BCUT2D eigenvalue weighted by molar-refractivity contribution is 6.17. The number of ether oxygens (including phenoxy) is 2. The van der Waals surface area contributed by atoms with Crippen LogP contribution in [0.4, 0.5) is 13.2 Å². The van der Waals surface area contributed by atoms with Gasteiger partial charge in [-0.3, -0.25) is 9.59 Å². The highest BCUT2D eigenvalue weighted by Gasteiger charge is 2.33. The SMILES string of the molecule is CCOC(=O)Cc1cc(CCl)c(OC(F)(F)F)c(=O)[nH]1. The number of nitrogens with one attached hydrogen (secondary N) is 1. The average molecular weight is 314 g/mol. The Morgan fingerprint density at radius 3 is 2.60 bits per heavy atom. The standard InChI is InChI=1S/C11H11ClF3NO4/c1-2-19-8(17)4-7-3-6(5-12)9(10(18)16-7)20-11(13,14)15/h3H,2,4-5H2,1H3,(H,16,18). The quantitative estimate of drug-likeness (QED) is 0.668. The molecular weight excluding hydrogens is 303 g/mol. The van der Waals surface area contributed by atoms with E-state index in [1.165, 1.54) is 0 Å². The molecule has 0 bridgehead atoms. The van der Waals surface area contributed by atoms with Gasteiger partial charge in [-0.1, -0.05) is 0 Å². The van der Waals surface area contributed by atoms with Gasteiger partial charge in [0.1, 0.15) is 0 Å². The van der Waals surface area contributed by atoms with Crippen LogP contribution >= 0.6 is 11.6 Å². The molecule has 1 aromatic heterocycles. The minimum absolute atomic E-state index is 0.0959. The molecule has 1 rings (SSSR count). The van der Waals surface area contributed by atoms with Crippen molar-refractivity contribution in [3.8, 4) is 5.75 Å². The number of hydrogen-bond donors (Lipinski definition) is 1. The predicted octanol–water partition coefficient (Wildman–Crippen LogP) is 2.12. The minimum atomic E-state index is -5.00. The Balaban J connectivity index is 3.07. The molecule has 1 aromatic rings. The molecular formula is C11H11ClF3NO4. The minimum Gasteiger partial charge on any atom is -0.466 e. The number of esters is 1. The van der Waals surface area contributed by atoms with E-state index < -0.39 is 23.6 Å². The van der Waals surface area contributed by atoms with Crippen molar-refractivity contribution in [2.75, 3.05) is 6.61 Å². The van der Waals surface area contributed by atoms with Crippen molar-refractivity contribution >= 4 is 17.6 Å². The van der Waals surface area contributed by atoms with E-state index in [0.29, 0.717) is 0 Å². The Morgan fingerprint density at radius 2 is 2.10 bits per heavy atom. The Morgan fingerprint density at radius 1 is 1.45 bits per heavy atom. The van der Waals surface area contributed by atoms with Gasteiger partial charge in [0.15, 0.2) is 5.75 Å². The molecule has 0 aliphatic rings. The summed E-state index contributed by atoms with van der Waals surface area (Å²) in [7, 11) is 0. The van der Waals surface area contributed by atoms with Gasteiger partial charge in [0.2, 0.25) is 0 Å². The Bertz CT molecular complexity index is 541. The molecule has 0 spiro atoms. The average Bonchev–Trinajstić information content (AvgIpc) is 2.31. The Labute approximate surface area is 116 Å². The molecule has 0 radical (unpaired) electrons. The first-order chi connectivity index (χ1) is 9.26. The zero-order valence-electron chi connectivity index (χ0n) is 10.3. The van der Waals surface area contributed by atoms with Gasteiger partial charge in [-0.25, -0.2) is 0 Å². The third-order valence-electron chi connectivity index (χ3n) is 2.12. The summed E-state index contributed by atoms with van der Waals surface area (Å²) in [5, 5.41) is 0. The van der Waals surface area contributed by atoms with Crippen LogP contribution in [0.25, 0.3) is 0 Å². The van der Waals surface area contributed by atoms with E-state index in [1.54, 1.807) is 6.92 Å². The predicted molar refractivity (Wildman–Crippen MR) is 63.6 cm³/mol. The number of halogens is 4. The molecule has 5 nitrogen and oxygen atoms in total. The molecule has 0 aromatic carbocycles. The van der Waals surface area contributed by atoms with Crippen molar-refractivity contribution in [3.63, 3.8) is 0 Å². The summed E-state index contributed by atoms with van der Waals surface area (Å²) in [5.41, 5.74) is -1.18. The van der Waals surface area contributed by atoms with Crippen LogP contribution in [0.3, 0.4) is 0 Å². The summed E-state index contributed by atoms with van der Waals surface area (Å²) < 4.78 is 44.8. The maximum atomic E-state index is 12.2. The van der Waals surface area contributed by atoms with Crippen molar-refractivity contribution in [2.24, 2.45) is 0 Å². The van der Waals surface area contributed by atoms with Crippen LogP contribution in [0.15, 0.2) is 10.9 Å². The number of hydrogen-bond acceptors (Lipinski definition) is 4. The lowest BCUT2D eigenvalue weighted by Crippen LogP contribution is -2.25. The van der Waals surface area contributed by atoms with Crippen LogP contribution in [0.5, 0.6) is 5.75 Å². The normalized spacial score (nSPS) is 11.2. The smallest absolute Gasteiger partial charge is 0.466 e. The summed E-state index contributed by atoms with van der Waals surface area (Å²) in [6.45, 7) is 1.76. The molecule has 0 unspecified atom stereocenters. The zero-order chi connectivity index (χ0) is 15.3. The molecule has 0 saturated carbocycles. The fourth-order valence-corrected chi connectivity index (χ4v) is 1.65. The summed E-state index contributed by atoms with van der Waals surface area (Å²) >= 11 is 5.49. The summed E-state index contributed by atoms with van der Waals surface area (Å²) in [6.07, 6.45) is -5.28. The number of carbonyl (C=O) groups is 1. The first kappa shape index (κ1) is 16.4. The third kappa shape index (κ3) is 4.76. The lowest BCUT2D eigenvalue weighted by molar-refractivity contribution is -0.275. The molecule has 20 heavy (non-hydrogen) atoms. The van der Waals surface area contributed by atoms with Crippen LogP contribution in [-0.4, -0.2) is 23.9 Å². The van der Waals surface area contributed by atoms with Crippen LogP contribution in [0.2, 0.25) is 0 Å². The zero-order valence-corrected chi connectivity index (χ0v) is 11.1. The highest BCUT2D eigenvalue weighted by atomic mass is 35.5. The van der Waals surface area contributed by atoms with Gasteiger partial charge in [0.25, 0.3) is 5.56 Å². The summed E-state index contributed by atoms with van der Waals surface area (Å²) in [4.78, 5) is 24.9. The fourth-order valence-electron chi connectivity index (χ4n) is 1.45. The molecule has 0 fully saturated rings. The molecule has 0 aliphatic heterocycles. The van der Waals surface area contributed by atoms with E-state index in [0.717, 1.165) is 6.07 Å². The topological polar surface area (TPSA) is 68.4 Å². The van der Waals surface area contributed by atoms with Crippen molar-refractivity contribution < 1.29 is 27.4 Å². The van der Waals surface area contributed by atoms with Gasteiger partial charge >= 0.3 is 12.3 Å². The number of rotatable bonds is 5. The van der Waals surface area contributed by atoms with Crippen LogP contribution in [-0.2, 0) is 21.8 Å². The monoisotopic (exact) mass is 313 g/mol. The van der Waals surface area contributed by atoms with Crippen molar-refractivity contribution in [2.45, 2.75) is 25.6 Å². The third-order valence-corrected chi connectivity index (χ3v) is 2.41. The van der Waals surface area contributed by atoms with Crippen LogP contribution in [0.1, 0.15) is 18.2 Å². The second kappa shape index (κ2) is 6.65. The van der Waals surface area contributed by atoms with Crippen molar-refractivity contribution in [1.29, 1.82) is 0 Å². The molecule has 112 valence electrons. The molecule has 0 saturated heterocycles. The number of pyridine rings is 1. The van der Waals surface area contributed by atoms with E-state index >= 15 is 0 Å². The molecule has 1 N–H and O–H groups in total. The van der Waals surface area contributed by atoms with Gasteiger partial charge in [0.05, 0.1) is 18.9 Å². The number of aromatic amines is 1. The van der Waals surface area contributed by atoms with Crippen LogP contribution < -0.4 is 10.3 Å². The summed E-state index contributed by atoms with van der Waals surface area (Å²) in [5.74, 6) is -1.92. The number of carbonyl (C=O) groups excluding carboxylic acids is 1. The molecule has 9 heteroatoms. The van der Waals surface area contributed by atoms with Gasteiger partial charge < -0.3 is 14.5 Å². The largest absolute Gasteiger partial charge is 0.573 e. The van der Waals surface area contributed by atoms with Gasteiger partial charge in [0, 0.05) is 11.3 Å². The van der Waals surface area contributed by atoms with Crippen molar-refractivity contribution in [3.05, 3.63) is 27.7 Å². The van der Waals surface area contributed by atoms with Crippen molar-refractivity contribution in [1.82, 2.24) is 4.98 Å². The molecule has 1 heterocycles. The van der Waals surface area contributed by atoms with Gasteiger partial charge in [-0.15, -0.1) is 24.8 Å². The summed E-state index contributed by atoms with van der Waals surface area (Å²) in [6, 6.07) is 1.16. The van der Waals surface area contributed by atoms with E-state index in [2.05, 4.69) is 14.5 Å². The Hall–Kier alpha value is -1.70. The maximum Gasteiger partial charge on any atom is 0.573 e. The van der Waals surface area contributed by atoms with E-state index in [-0.39, 0.29) is 30.2 Å².